The quantitative estimate of drug-likeness (QED) is 0.249. The molecule has 3 aromatic rings. The van der Waals surface area contributed by atoms with Gasteiger partial charge in [-0.3, -0.25) is 28.7 Å². The van der Waals surface area contributed by atoms with E-state index in [0.717, 1.165) is 4.57 Å². The van der Waals surface area contributed by atoms with Crippen molar-refractivity contribution in [2.75, 3.05) is 18.5 Å². The first kappa shape index (κ1) is 30.0. The molecule has 40 heavy (non-hydrogen) atoms. The molecule has 13 heteroatoms. The van der Waals surface area contributed by atoms with Crippen molar-refractivity contribution in [1.29, 1.82) is 0 Å². The van der Waals surface area contributed by atoms with E-state index in [0.29, 0.717) is 11.1 Å². The monoisotopic (exact) mass is 556 g/mol. The topological polar surface area (TPSA) is 155 Å². The summed E-state index contributed by atoms with van der Waals surface area (Å²) in [6.07, 6.45) is 1.11. The molecule has 0 aliphatic carbocycles. The number of carbonyl (C=O) groups is 3. The highest BCUT2D eigenvalue weighted by molar-refractivity contribution is 5.88. The second-order valence-corrected chi connectivity index (χ2v) is 8.93. The highest BCUT2D eigenvalue weighted by Crippen LogP contribution is 2.23. The van der Waals surface area contributed by atoms with Gasteiger partial charge in [-0.2, -0.15) is 0 Å². The number of aromatic nitrogens is 3. The van der Waals surface area contributed by atoms with E-state index in [9.17, 15) is 33.1 Å². The predicted molar refractivity (Wildman–Crippen MR) is 142 cm³/mol. The average molecular weight is 557 g/mol. The zero-order valence-corrected chi connectivity index (χ0v) is 21.7. The normalized spacial score (nSPS) is 12.4. The van der Waals surface area contributed by atoms with E-state index in [4.69, 9.17) is 0 Å². The summed E-state index contributed by atoms with van der Waals surface area (Å²) in [4.78, 5) is 58.3. The van der Waals surface area contributed by atoms with Gasteiger partial charge in [0.2, 0.25) is 24.1 Å². The number of hydrogen-bond donors (Lipinski definition) is 4. The fourth-order valence-electron chi connectivity index (χ4n) is 4.04. The molecule has 0 radical (unpaired) electrons. The van der Waals surface area contributed by atoms with Crippen LogP contribution >= 0.6 is 0 Å². The number of nitrogens with zero attached hydrogens (tertiary/aromatic N) is 3. The van der Waals surface area contributed by atoms with Crippen molar-refractivity contribution in [1.82, 2.24) is 25.2 Å². The predicted octanol–water partition coefficient (Wildman–Crippen LogP) is 1.58. The summed E-state index contributed by atoms with van der Waals surface area (Å²) in [6, 6.07) is 11.9. The highest BCUT2D eigenvalue weighted by Gasteiger charge is 2.34. The first-order chi connectivity index (χ1) is 19.2. The van der Waals surface area contributed by atoms with E-state index < -0.39 is 54.7 Å². The molecule has 0 aliphatic heterocycles. The maximum atomic E-state index is 13.6. The SMILES string of the molecule is CC(=O)Nc1cnc(-c2ccccc2)n(CC(=O)NCCC(C(=O)NCc2ccncc2)C(CO)C(F)F)c1=O. The van der Waals surface area contributed by atoms with Crippen molar-refractivity contribution in [3.05, 3.63) is 77.0 Å². The molecule has 3 rings (SSSR count). The van der Waals surface area contributed by atoms with Crippen LogP contribution < -0.4 is 21.5 Å². The molecule has 11 nitrogen and oxygen atoms in total. The number of halogens is 2. The summed E-state index contributed by atoms with van der Waals surface area (Å²) in [6.45, 7) is -0.278. The van der Waals surface area contributed by atoms with Crippen LogP contribution in [0.15, 0.2) is 65.8 Å². The number of benzene rings is 1. The van der Waals surface area contributed by atoms with Crippen LogP contribution in [0.25, 0.3) is 11.4 Å². The van der Waals surface area contributed by atoms with Crippen molar-refractivity contribution in [3.63, 3.8) is 0 Å². The number of amides is 3. The van der Waals surface area contributed by atoms with Crippen molar-refractivity contribution in [2.45, 2.75) is 32.9 Å². The van der Waals surface area contributed by atoms with Crippen molar-refractivity contribution < 1.29 is 28.3 Å². The average Bonchev–Trinajstić information content (AvgIpc) is 2.94. The third-order valence-corrected chi connectivity index (χ3v) is 6.07. The number of carbonyl (C=O) groups excluding carboxylic acids is 3. The Balaban J connectivity index is 1.72. The lowest BCUT2D eigenvalue weighted by molar-refractivity contribution is -0.131. The van der Waals surface area contributed by atoms with Gasteiger partial charge in [0, 0.05) is 38.0 Å². The summed E-state index contributed by atoms with van der Waals surface area (Å²) in [5, 5.41) is 17.0. The van der Waals surface area contributed by atoms with Crippen LogP contribution in [-0.4, -0.2) is 56.9 Å². The molecule has 0 aliphatic rings. The van der Waals surface area contributed by atoms with Crippen molar-refractivity contribution >= 4 is 23.4 Å². The van der Waals surface area contributed by atoms with Crippen LogP contribution in [-0.2, 0) is 27.5 Å². The van der Waals surface area contributed by atoms with Gasteiger partial charge >= 0.3 is 0 Å². The largest absolute Gasteiger partial charge is 0.396 e. The second kappa shape index (κ2) is 14.6. The van der Waals surface area contributed by atoms with Gasteiger partial charge in [-0.05, 0) is 24.1 Å². The van der Waals surface area contributed by atoms with Crippen LogP contribution in [0.1, 0.15) is 18.9 Å². The molecule has 0 saturated heterocycles. The standard InChI is InChI=1S/C27H30F2N6O5/c1-17(37)34-22-14-32-25(19-5-3-2-4-6-19)35(27(22)40)15-23(38)31-12-9-20(21(16-36)24(28)29)26(39)33-13-18-7-10-30-11-8-18/h2-8,10-11,14,20-21,24,36H,9,12-13,15-16H2,1H3,(H,31,38)(H,33,39)(H,34,37). The van der Waals surface area contributed by atoms with Gasteiger partial charge in [0.15, 0.2) is 0 Å². The number of pyridine rings is 1. The minimum atomic E-state index is -2.97. The molecular weight excluding hydrogens is 526 g/mol. The Morgan fingerprint density at radius 2 is 1.75 bits per heavy atom. The smallest absolute Gasteiger partial charge is 0.278 e. The summed E-state index contributed by atoms with van der Waals surface area (Å²) in [7, 11) is 0. The van der Waals surface area contributed by atoms with Gasteiger partial charge in [0.05, 0.1) is 24.6 Å². The van der Waals surface area contributed by atoms with E-state index in [2.05, 4.69) is 25.9 Å². The Kier molecular flexibility index (Phi) is 10.9. The molecule has 0 spiro atoms. The lowest BCUT2D eigenvalue weighted by Crippen LogP contribution is -2.41. The lowest BCUT2D eigenvalue weighted by Gasteiger charge is -2.24. The summed E-state index contributed by atoms with van der Waals surface area (Å²) >= 11 is 0. The zero-order chi connectivity index (χ0) is 29.1. The molecular formula is C27H30F2N6O5. The first-order valence-electron chi connectivity index (χ1n) is 12.5. The molecule has 1 aromatic carbocycles. The number of aliphatic hydroxyl groups is 1. The van der Waals surface area contributed by atoms with E-state index in [1.165, 1.54) is 25.5 Å². The van der Waals surface area contributed by atoms with Gasteiger partial charge < -0.3 is 21.1 Å². The molecule has 2 heterocycles. The lowest BCUT2D eigenvalue weighted by atomic mass is 9.89. The zero-order valence-electron chi connectivity index (χ0n) is 21.7. The summed E-state index contributed by atoms with van der Waals surface area (Å²) in [5.74, 6) is -4.58. The van der Waals surface area contributed by atoms with Crippen LogP contribution in [0.2, 0.25) is 0 Å². The van der Waals surface area contributed by atoms with Crippen LogP contribution in [0.4, 0.5) is 14.5 Å². The fraction of sp³-hybridized carbons (Fsp3) is 0.333. The Hall–Kier alpha value is -4.52. The number of hydrogen-bond acceptors (Lipinski definition) is 7. The number of aliphatic hydroxyl groups excluding tert-OH is 1. The molecule has 2 unspecified atom stereocenters. The summed E-state index contributed by atoms with van der Waals surface area (Å²) < 4.78 is 28.3. The minimum Gasteiger partial charge on any atom is -0.396 e. The Bertz CT molecular complexity index is 1350. The van der Waals surface area contributed by atoms with Gasteiger partial charge in [0.25, 0.3) is 5.56 Å². The number of alkyl halides is 2. The van der Waals surface area contributed by atoms with Gasteiger partial charge in [-0.25, -0.2) is 13.8 Å². The van der Waals surface area contributed by atoms with E-state index in [1.807, 2.05) is 0 Å². The molecule has 2 atom stereocenters. The van der Waals surface area contributed by atoms with Gasteiger partial charge in [-0.1, -0.05) is 30.3 Å². The number of rotatable bonds is 13. The molecule has 0 fully saturated rings. The molecule has 3 amide bonds. The third kappa shape index (κ3) is 8.24. The van der Waals surface area contributed by atoms with E-state index >= 15 is 0 Å². The second-order valence-electron chi connectivity index (χ2n) is 8.93. The maximum absolute atomic E-state index is 13.6. The molecule has 2 aromatic heterocycles. The number of anilines is 1. The van der Waals surface area contributed by atoms with E-state index in [1.54, 1.807) is 42.5 Å². The maximum Gasteiger partial charge on any atom is 0.278 e. The number of nitrogens with one attached hydrogen (secondary N) is 3. The Morgan fingerprint density at radius 3 is 2.38 bits per heavy atom. The molecule has 0 saturated carbocycles. The summed E-state index contributed by atoms with van der Waals surface area (Å²) in [5.41, 5.74) is 0.484. The molecule has 0 bridgehead atoms. The van der Waals surface area contributed by atoms with Crippen LogP contribution in [0, 0.1) is 11.8 Å². The van der Waals surface area contributed by atoms with Gasteiger partial charge in [0.1, 0.15) is 18.1 Å². The van der Waals surface area contributed by atoms with E-state index in [-0.39, 0.29) is 31.0 Å². The minimum absolute atomic E-state index is 0.0778. The first-order valence-corrected chi connectivity index (χ1v) is 12.5. The highest BCUT2D eigenvalue weighted by atomic mass is 19.3. The molecule has 4 N–H and O–H groups in total. The van der Waals surface area contributed by atoms with Crippen molar-refractivity contribution in [3.8, 4) is 11.4 Å². The molecule has 212 valence electrons. The fourth-order valence-corrected chi connectivity index (χ4v) is 4.04. The third-order valence-electron chi connectivity index (χ3n) is 6.07. The van der Waals surface area contributed by atoms with Crippen LogP contribution in [0.5, 0.6) is 0 Å². The van der Waals surface area contributed by atoms with Crippen LogP contribution in [0.3, 0.4) is 0 Å². The van der Waals surface area contributed by atoms with Crippen molar-refractivity contribution in [2.24, 2.45) is 11.8 Å². The Morgan fingerprint density at radius 1 is 1.05 bits per heavy atom. The Labute approximate surface area is 228 Å². The van der Waals surface area contributed by atoms with Gasteiger partial charge in [-0.15, -0.1) is 0 Å².